The van der Waals surface area contributed by atoms with Crippen LogP contribution in [-0.2, 0) is 14.3 Å². The lowest BCUT2D eigenvalue weighted by Gasteiger charge is -2.49. The van der Waals surface area contributed by atoms with E-state index in [0.717, 1.165) is 32.1 Å². The molecule has 0 aromatic rings. The number of hydrogen-bond acceptors (Lipinski definition) is 5. The second-order valence-corrected chi connectivity index (χ2v) is 11.7. The van der Waals surface area contributed by atoms with Gasteiger partial charge in [0, 0.05) is 50.1 Å². The molecule has 0 bridgehead atoms. The van der Waals surface area contributed by atoms with Crippen molar-refractivity contribution in [3.05, 3.63) is 0 Å². The molecule has 5 heteroatoms. The van der Waals surface area contributed by atoms with Crippen LogP contribution in [0.15, 0.2) is 0 Å². The molecule has 6 aliphatic rings. The molecule has 3 saturated carbocycles. The van der Waals surface area contributed by atoms with Gasteiger partial charge in [-0.15, -0.1) is 0 Å². The molecule has 0 aromatic heterocycles. The van der Waals surface area contributed by atoms with Gasteiger partial charge in [0.2, 0.25) is 0 Å². The molecule has 0 N–H and O–H groups in total. The highest BCUT2D eigenvalue weighted by molar-refractivity contribution is 5.76. The van der Waals surface area contributed by atoms with E-state index in [9.17, 15) is 4.79 Å². The summed E-state index contributed by atoms with van der Waals surface area (Å²) in [5.41, 5.74) is 0.218. The van der Waals surface area contributed by atoms with Crippen molar-refractivity contribution in [3.8, 4) is 0 Å². The van der Waals surface area contributed by atoms with Crippen molar-refractivity contribution in [2.45, 2.75) is 95.5 Å². The predicted octanol–water partition coefficient (Wildman–Crippen LogP) is 3.46. The molecule has 3 aliphatic heterocycles. The molecule has 30 heavy (non-hydrogen) atoms. The van der Waals surface area contributed by atoms with Crippen LogP contribution in [0.5, 0.6) is 0 Å². The summed E-state index contributed by atoms with van der Waals surface area (Å²) in [5.74, 6) is 0.958. The lowest BCUT2D eigenvalue weighted by Crippen LogP contribution is -2.55. The normalized spacial score (nSPS) is 49.8. The van der Waals surface area contributed by atoms with E-state index in [2.05, 4.69) is 23.6 Å². The zero-order chi connectivity index (χ0) is 20.5. The van der Waals surface area contributed by atoms with Gasteiger partial charge in [-0.05, 0) is 38.0 Å². The van der Waals surface area contributed by atoms with E-state index < -0.39 is 0 Å². The van der Waals surface area contributed by atoms with Crippen LogP contribution in [-0.4, -0.2) is 72.3 Å². The fourth-order valence-corrected chi connectivity index (χ4v) is 8.48. The monoisotopic (exact) mass is 416 g/mol. The Bertz CT molecular complexity index is 686. The van der Waals surface area contributed by atoms with Gasteiger partial charge in [0.25, 0.3) is 0 Å². The first-order chi connectivity index (χ1) is 14.5. The third kappa shape index (κ3) is 2.87. The molecule has 0 radical (unpaired) electrons. The number of rotatable bonds is 3. The van der Waals surface area contributed by atoms with Crippen LogP contribution in [0.2, 0.25) is 0 Å². The maximum atomic E-state index is 13.0. The quantitative estimate of drug-likeness (QED) is 0.521. The zero-order valence-corrected chi connectivity index (χ0v) is 19.0. The van der Waals surface area contributed by atoms with E-state index in [1.165, 1.54) is 64.5 Å². The van der Waals surface area contributed by atoms with Crippen LogP contribution in [0.4, 0.5) is 0 Å². The Labute approximate surface area is 181 Å². The molecule has 6 rings (SSSR count). The van der Waals surface area contributed by atoms with E-state index in [1.54, 1.807) is 0 Å². The number of epoxide rings is 1. The average Bonchev–Trinajstić information content (AvgIpc) is 3.44. The van der Waals surface area contributed by atoms with Gasteiger partial charge >= 0.3 is 5.97 Å². The average molecular weight is 417 g/mol. The molecule has 7 atom stereocenters. The lowest BCUT2D eigenvalue weighted by atomic mass is 9.53. The molecule has 168 valence electrons. The van der Waals surface area contributed by atoms with Gasteiger partial charge in [0.15, 0.2) is 0 Å². The Balaban J connectivity index is 1.12. The van der Waals surface area contributed by atoms with Crippen LogP contribution >= 0.6 is 0 Å². The summed E-state index contributed by atoms with van der Waals surface area (Å²) in [4.78, 5) is 18.2. The van der Waals surface area contributed by atoms with Crippen molar-refractivity contribution in [3.63, 3.8) is 0 Å². The predicted molar refractivity (Wildman–Crippen MR) is 115 cm³/mol. The topological polar surface area (TPSA) is 45.3 Å². The van der Waals surface area contributed by atoms with Gasteiger partial charge in [-0.2, -0.15) is 0 Å². The molecule has 3 saturated heterocycles. The largest absolute Gasteiger partial charge is 0.462 e. The second kappa shape index (κ2) is 7.18. The van der Waals surface area contributed by atoms with Crippen molar-refractivity contribution in [2.75, 3.05) is 32.7 Å². The summed E-state index contributed by atoms with van der Waals surface area (Å²) in [6.45, 7) is 10.2. The summed E-state index contributed by atoms with van der Waals surface area (Å²) in [6.07, 6.45) is 12.1. The molecule has 0 aromatic carbocycles. The van der Waals surface area contributed by atoms with E-state index >= 15 is 0 Å². The SMILES string of the molecule is C[C@H]1CCC[C@]2(C)C[C@H]3OC(=O)[C@H](CN4CCN(C5CCCCC5)CC4)[C@H]3[C@H]3O[C@]312. The summed E-state index contributed by atoms with van der Waals surface area (Å²) >= 11 is 0. The van der Waals surface area contributed by atoms with Gasteiger partial charge in [-0.1, -0.05) is 39.5 Å². The highest BCUT2D eigenvalue weighted by atomic mass is 16.6. The molecular weight excluding hydrogens is 376 g/mol. The minimum atomic E-state index is 0.0132. The zero-order valence-electron chi connectivity index (χ0n) is 19.0. The summed E-state index contributed by atoms with van der Waals surface area (Å²) in [5, 5.41) is 0. The van der Waals surface area contributed by atoms with Crippen molar-refractivity contribution >= 4 is 5.97 Å². The molecular formula is C25H40N2O3. The fraction of sp³-hybridized carbons (Fsp3) is 0.960. The van der Waals surface area contributed by atoms with Crippen LogP contribution in [0.1, 0.15) is 71.6 Å². The first-order valence-electron chi connectivity index (χ1n) is 12.9. The summed E-state index contributed by atoms with van der Waals surface area (Å²) in [6, 6.07) is 0.810. The molecule has 5 nitrogen and oxygen atoms in total. The minimum absolute atomic E-state index is 0.0132. The summed E-state index contributed by atoms with van der Waals surface area (Å²) < 4.78 is 12.6. The lowest BCUT2D eigenvalue weighted by molar-refractivity contribution is -0.146. The van der Waals surface area contributed by atoms with E-state index in [1.807, 2.05) is 0 Å². The number of piperazine rings is 1. The Kier molecular flexibility index (Phi) is 4.78. The fourth-order valence-electron chi connectivity index (χ4n) is 8.48. The van der Waals surface area contributed by atoms with Gasteiger partial charge in [-0.25, -0.2) is 0 Å². The molecule has 0 unspecified atom stereocenters. The Hall–Kier alpha value is -0.650. The maximum absolute atomic E-state index is 13.0. The number of fused-ring (bicyclic) bond motifs is 2. The minimum Gasteiger partial charge on any atom is -0.462 e. The van der Waals surface area contributed by atoms with Crippen molar-refractivity contribution in [2.24, 2.45) is 23.2 Å². The van der Waals surface area contributed by atoms with Gasteiger partial charge < -0.3 is 9.47 Å². The van der Waals surface area contributed by atoms with Gasteiger partial charge in [0.05, 0.1) is 12.0 Å². The molecule has 0 amide bonds. The standard InChI is InChI=1S/C25H40N2O3/c1-17-7-6-10-24(2)15-20-21(22-25(17,24)30-22)19(23(28)29-20)16-26-11-13-27(14-12-26)18-8-4-3-5-9-18/h17-22H,3-16H2,1-2H3/t17-,19+,20+,21+,22+,24+,25-/m0/s1. The Morgan fingerprint density at radius 1 is 1.03 bits per heavy atom. The van der Waals surface area contributed by atoms with E-state index in [4.69, 9.17) is 9.47 Å². The highest BCUT2D eigenvalue weighted by Gasteiger charge is 2.78. The first kappa shape index (κ1) is 20.0. The Morgan fingerprint density at radius 3 is 2.57 bits per heavy atom. The summed E-state index contributed by atoms with van der Waals surface area (Å²) in [7, 11) is 0. The number of esters is 1. The second-order valence-electron chi connectivity index (χ2n) is 11.7. The number of ether oxygens (including phenoxy) is 2. The van der Waals surface area contributed by atoms with Crippen molar-refractivity contribution < 1.29 is 14.3 Å². The number of hydrogen-bond donors (Lipinski definition) is 0. The van der Waals surface area contributed by atoms with Crippen molar-refractivity contribution in [1.29, 1.82) is 0 Å². The number of carbonyl (C=O) groups excluding carboxylic acids is 1. The van der Waals surface area contributed by atoms with Gasteiger partial charge in [0.1, 0.15) is 11.7 Å². The number of carbonyl (C=O) groups is 1. The van der Waals surface area contributed by atoms with Gasteiger partial charge in [-0.3, -0.25) is 14.6 Å². The van der Waals surface area contributed by atoms with Crippen molar-refractivity contribution in [1.82, 2.24) is 9.80 Å². The Morgan fingerprint density at radius 2 is 1.80 bits per heavy atom. The third-order valence-electron chi connectivity index (χ3n) is 10.1. The highest BCUT2D eigenvalue weighted by Crippen LogP contribution is 2.70. The molecule has 6 fully saturated rings. The first-order valence-corrected chi connectivity index (χ1v) is 12.9. The maximum Gasteiger partial charge on any atom is 0.311 e. The third-order valence-corrected chi connectivity index (χ3v) is 10.1. The molecule has 3 heterocycles. The van der Waals surface area contributed by atoms with Crippen LogP contribution in [0, 0.1) is 23.2 Å². The molecule has 1 spiro atoms. The van der Waals surface area contributed by atoms with Crippen LogP contribution in [0.25, 0.3) is 0 Å². The number of nitrogens with zero attached hydrogens (tertiary/aromatic N) is 2. The van der Waals surface area contributed by atoms with Crippen LogP contribution < -0.4 is 0 Å². The smallest absolute Gasteiger partial charge is 0.311 e. The van der Waals surface area contributed by atoms with E-state index in [-0.39, 0.29) is 41.0 Å². The molecule has 3 aliphatic carbocycles. The van der Waals surface area contributed by atoms with E-state index in [0.29, 0.717) is 5.92 Å². The van der Waals surface area contributed by atoms with Crippen LogP contribution in [0.3, 0.4) is 0 Å².